The molecule has 12 heteroatoms. The van der Waals surface area contributed by atoms with Crippen molar-refractivity contribution in [1.82, 2.24) is 19.4 Å². The van der Waals surface area contributed by atoms with Crippen LogP contribution in [-0.2, 0) is 14.8 Å². The molecule has 1 aromatic carbocycles. The van der Waals surface area contributed by atoms with E-state index in [-0.39, 0.29) is 4.90 Å². The van der Waals surface area contributed by atoms with Crippen molar-refractivity contribution in [1.29, 1.82) is 0 Å². The first kappa shape index (κ1) is 27.9. The lowest BCUT2D eigenvalue weighted by Gasteiger charge is -2.36. The van der Waals surface area contributed by atoms with Crippen LogP contribution in [0.5, 0.6) is 11.5 Å². The molecular formula is C27H40N6O5S. The SMILES string of the molecule is CCOc1ccc(S(=O)(=O)N2CCN(c3ccc(N4CCN(CC5CCCO5)CC4)nn3)CC2)c(OCC)c1. The molecule has 1 atom stereocenters. The van der Waals surface area contributed by atoms with E-state index in [9.17, 15) is 8.42 Å². The molecule has 214 valence electrons. The van der Waals surface area contributed by atoms with Crippen molar-refractivity contribution in [3.05, 3.63) is 30.3 Å². The van der Waals surface area contributed by atoms with Crippen LogP contribution in [0.25, 0.3) is 0 Å². The molecule has 0 spiro atoms. The summed E-state index contributed by atoms with van der Waals surface area (Å²) in [6.07, 6.45) is 2.73. The Bertz CT molecular complexity index is 1180. The first-order valence-electron chi connectivity index (χ1n) is 14.0. The lowest BCUT2D eigenvalue weighted by atomic mass is 10.2. The van der Waals surface area contributed by atoms with E-state index in [0.717, 1.165) is 51.0 Å². The zero-order chi connectivity index (χ0) is 27.2. The van der Waals surface area contributed by atoms with Crippen molar-refractivity contribution >= 4 is 21.7 Å². The summed E-state index contributed by atoms with van der Waals surface area (Å²) in [6.45, 7) is 12.1. The van der Waals surface area contributed by atoms with Crippen LogP contribution in [0, 0.1) is 0 Å². The van der Waals surface area contributed by atoms with E-state index in [2.05, 4.69) is 24.9 Å². The van der Waals surface area contributed by atoms with Gasteiger partial charge in [0.05, 0.1) is 19.3 Å². The van der Waals surface area contributed by atoms with Gasteiger partial charge in [0.1, 0.15) is 16.4 Å². The second-order valence-corrected chi connectivity index (χ2v) is 11.9. The molecule has 0 aliphatic carbocycles. The van der Waals surface area contributed by atoms with E-state index in [4.69, 9.17) is 14.2 Å². The predicted octanol–water partition coefficient (Wildman–Crippen LogP) is 2.09. The fourth-order valence-corrected chi connectivity index (χ4v) is 6.95. The van der Waals surface area contributed by atoms with Gasteiger partial charge in [-0.3, -0.25) is 4.90 Å². The third kappa shape index (κ3) is 6.56. The van der Waals surface area contributed by atoms with E-state index < -0.39 is 10.0 Å². The minimum Gasteiger partial charge on any atom is -0.494 e. The lowest BCUT2D eigenvalue weighted by Crippen LogP contribution is -2.49. The highest BCUT2D eigenvalue weighted by Gasteiger charge is 2.32. The van der Waals surface area contributed by atoms with Gasteiger partial charge >= 0.3 is 0 Å². The zero-order valence-electron chi connectivity index (χ0n) is 23.0. The van der Waals surface area contributed by atoms with Crippen molar-refractivity contribution in [2.24, 2.45) is 0 Å². The van der Waals surface area contributed by atoms with Crippen molar-refractivity contribution < 1.29 is 22.6 Å². The summed E-state index contributed by atoms with van der Waals surface area (Å²) in [7, 11) is -3.71. The Morgan fingerprint density at radius 3 is 2.08 bits per heavy atom. The third-order valence-corrected chi connectivity index (χ3v) is 9.46. The molecule has 3 aliphatic rings. The maximum Gasteiger partial charge on any atom is 0.246 e. The molecule has 0 amide bonds. The van der Waals surface area contributed by atoms with Crippen molar-refractivity contribution in [2.75, 3.05) is 88.5 Å². The Labute approximate surface area is 231 Å². The van der Waals surface area contributed by atoms with E-state index in [1.54, 1.807) is 18.2 Å². The molecule has 11 nitrogen and oxygen atoms in total. The van der Waals surface area contributed by atoms with Crippen molar-refractivity contribution in [2.45, 2.75) is 37.7 Å². The monoisotopic (exact) mass is 560 g/mol. The highest BCUT2D eigenvalue weighted by molar-refractivity contribution is 7.89. The zero-order valence-corrected chi connectivity index (χ0v) is 23.8. The second kappa shape index (κ2) is 12.7. The van der Waals surface area contributed by atoms with Crippen LogP contribution in [0.2, 0.25) is 0 Å². The molecule has 3 saturated heterocycles. The summed E-state index contributed by atoms with van der Waals surface area (Å²) < 4.78 is 45.4. The van der Waals surface area contributed by atoms with Gasteiger partial charge in [0.25, 0.3) is 0 Å². The molecule has 0 bridgehead atoms. The number of benzene rings is 1. The quantitative estimate of drug-likeness (QED) is 0.429. The molecule has 1 aromatic heterocycles. The summed E-state index contributed by atoms with van der Waals surface area (Å²) in [5, 5.41) is 9.00. The summed E-state index contributed by atoms with van der Waals surface area (Å²) in [5.74, 6) is 2.56. The molecule has 0 N–H and O–H groups in total. The molecule has 5 rings (SSSR count). The lowest BCUT2D eigenvalue weighted by molar-refractivity contribution is 0.0712. The number of sulfonamides is 1. The van der Waals surface area contributed by atoms with Crippen LogP contribution in [0.1, 0.15) is 26.7 Å². The first-order chi connectivity index (χ1) is 19.0. The smallest absolute Gasteiger partial charge is 0.246 e. The number of nitrogens with zero attached hydrogens (tertiary/aromatic N) is 6. The molecule has 1 unspecified atom stereocenters. The number of anilines is 2. The van der Waals surface area contributed by atoms with Gasteiger partial charge in [-0.15, -0.1) is 10.2 Å². The topological polar surface area (TPSA) is 101 Å². The Hall–Kier alpha value is -2.67. The highest BCUT2D eigenvalue weighted by Crippen LogP contribution is 2.32. The summed E-state index contributed by atoms with van der Waals surface area (Å²) in [4.78, 5) is 7.01. The van der Waals surface area contributed by atoms with Gasteiger partial charge in [-0.1, -0.05) is 0 Å². The van der Waals surface area contributed by atoms with Crippen LogP contribution in [0.15, 0.2) is 35.2 Å². The van der Waals surface area contributed by atoms with Crippen LogP contribution >= 0.6 is 0 Å². The van der Waals surface area contributed by atoms with Gasteiger partial charge in [-0.05, 0) is 51.0 Å². The highest BCUT2D eigenvalue weighted by atomic mass is 32.2. The Kier molecular flexibility index (Phi) is 9.06. The molecule has 3 fully saturated rings. The summed E-state index contributed by atoms with van der Waals surface area (Å²) in [5.41, 5.74) is 0. The van der Waals surface area contributed by atoms with E-state index in [1.165, 1.54) is 17.1 Å². The number of rotatable bonds is 10. The number of hydrogen-bond acceptors (Lipinski definition) is 10. The molecule has 3 aliphatic heterocycles. The van der Waals surface area contributed by atoms with Crippen LogP contribution in [0.4, 0.5) is 11.6 Å². The van der Waals surface area contributed by atoms with Crippen molar-refractivity contribution in [3.8, 4) is 11.5 Å². The Balaban J connectivity index is 1.15. The maximum absolute atomic E-state index is 13.5. The van der Waals surface area contributed by atoms with Crippen molar-refractivity contribution in [3.63, 3.8) is 0 Å². The predicted molar refractivity (Wildman–Crippen MR) is 149 cm³/mol. The van der Waals surface area contributed by atoms with Gasteiger partial charge < -0.3 is 24.0 Å². The molecule has 2 aromatic rings. The molecule has 0 saturated carbocycles. The maximum atomic E-state index is 13.5. The standard InChI is InChI=1S/C27H40N6O5S/c1-3-36-22-7-8-25(24(20-22)37-4-2)39(34,35)33-17-15-32(16-18-33)27-10-9-26(28-29-27)31-13-11-30(12-14-31)21-23-6-5-19-38-23/h7-10,20,23H,3-6,11-19,21H2,1-2H3. The minimum atomic E-state index is -3.71. The molecule has 39 heavy (non-hydrogen) atoms. The molecular weight excluding hydrogens is 520 g/mol. The van der Waals surface area contributed by atoms with Crippen LogP contribution < -0.4 is 19.3 Å². The molecule has 0 radical (unpaired) electrons. The molecule has 4 heterocycles. The number of ether oxygens (including phenoxy) is 3. The third-order valence-electron chi connectivity index (χ3n) is 7.52. The Morgan fingerprint density at radius 1 is 0.872 bits per heavy atom. The van der Waals surface area contributed by atoms with E-state index >= 15 is 0 Å². The van der Waals surface area contributed by atoms with Gasteiger partial charge in [0.15, 0.2) is 11.6 Å². The average molecular weight is 561 g/mol. The number of hydrogen-bond donors (Lipinski definition) is 0. The normalized spacial score (nSPS) is 21.3. The van der Waals surface area contributed by atoms with E-state index in [1.807, 2.05) is 26.0 Å². The van der Waals surface area contributed by atoms with Crippen LogP contribution in [-0.4, -0.2) is 113 Å². The van der Waals surface area contributed by atoms with Gasteiger partial charge in [-0.25, -0.2) is 8.42 Å². The van der Waals surface area contributed by atoms with Gasteiger partial charge in [0, 0.05) is 71.6 Å². The number of aromatic nitrogens is 2. The van der Waals surface area contributed by atoms with Gasteiger partial charge in [0.2, 0.25) is 10.0 Å². The fourth-order valence-electron chi connectivity index (χ4n) is 5.41. The first-order valence-corrected chi connectivity index (χ1v) is 15.5. The van der Waals surface area contributed by atoms with E-state index in [0.29, 0.717) is 57.0 Å². The summed E-state index contributed by atoms with van der Waals surface area (Å²) in [6, 6.07) is 8.91. The second-order valence-electron chi connectivity index (χ2n) is 10.0. The Morgan fingerprint density at radius 2 is 1.51 bits per heavy atom. The number of piperazine rings is 2. The van der Waals surface area contributed by atoms with Gasteiger partial charge in [-0.2, -0.15) is 4.31 Å². The fraction of sp³-hybridized carbons (Fsp3) is 0.630. The minimum absolute atomic E-state index is 0.168. The average Bonchev–Trinajstić information content (AvgIpc) is 3.47. The largest absolute Gasteiger partial charge is 0.494 e. The summed E-state index contributed by atoms with van der Waals surface area (Å²) >= 11 is 0. The van der Waals surface area contributed by atoms with Crippen LogP contribution in [0.3, 0.4) is 0 Å².